The summed E-state index contributed by atoms with van der Waals surface area (Å²) in [4.78, 5) is 16.5. The van der Waals surface area contributed by atoms with Crippen molar-refractivity contribution in [3.63, 3.8) is 0 Å². The van der Waals surface area contributed by atoms with Gasteiger partial charge in [0.1, 0.15) is 17.3 Å². The second kappa shape index (κ2) is 11.5. The second-order valence-electron chi connectivity index (χ2n) is 10.0. The molecule has 0 saturated heterocycles. The zero-order valence-electron chi connectivity index (χ0n) is 23.5. The van der Waals surface area contributed by atoms with Crippen LogP contribution in [0.3, 0.4) is 0 Å². The fourth-order valence-electron chi connectivity index (χ4n) is 4.74. The van der Waals surface area contributed by atoms with Gasteiger partial charge in [0.25, 0.3) is 0 Å². The van der Waals surface area contributed by atoms with Crippen molar-refractivity contribution in [2.75, 3.05) is 6.26 Å². The zero-order valence-corrected chi connectivity index (χ0v) is 24.3. The number of aromatic nitrogens is 5. The number of alkyl halides is 6. The third-order valence-electron chi connectivity index (χ3n) is 6.92. The molecule has 17 heteroatoms. The summed E-state index contributed by atoms with van der Waals surface area (Å²) >= 11 is 0. The van der Waals surface area contributed by atoms with Crippen LogP contribution in [-0.2, 0) is 28.8 Å². The maximum Gasteiger partial charge on any atom is 0.434 e. The van der Waals surface area contributed by atoms with Gasteiger partial charge in [0.2, 0.25) is 5.78 Å². The highest BCUT2D eigenvalue weighted by Crippen LogP contribution is 2.35. The first-order valence-corrected chi connectivity index (χ1v) is 14.8. The summed E-state index contributed by atoms with van der Waals surface area (Å²) in [6.45, 7) is 0.338. The Labute approximate surface area is 255 Å². The van der Waals surface area contributed by atoms with Crippen LogP contribution in [0.25, 0.3) is 22.5 Å². The van der Waals surface area contributed by atoms with E-state index in [0.29, 0.717) is 12.3 Å². The molecule has 0 spiro atoms. The van der Waals surface area contributed by atoms with E-state index in [1.807, 2.05) is 0 Å². The molecule has 46 heavy (non-hydrogen) atoms. The third-order valence-corrected chi connectivity index (χ3v) is 8.08. The average Bonchev–Trinajstić information content (AvgIpc) is 3.62. The number of halogens is 7. The maximum atomic E-state index is 15.0. The standard InChI is InChI=1S/C29H20F7N5O4S/c1-15-38-26(29(34,35)36)13-40(15)22-7-6-16(18-9-21(30)20(14-42)25(11-18)46(2,44)45)10-23(22)41-24(12-37-39-41)27(43)17-4-3-5-19(8-17)28(31,32)33/h3-13,42H,14H2,1-2H3. The summed E-state index contributed by atoms with van der Waals surface area (Å²) in [5.74, 6) is -2.18. The number of benzene rings is 3. The second-order valence-corrected chi connectivity index (χ2v) is 12.0. The quantitative estimate of drug-likeness (QED) is 0.174. The highest BCUT2D eigenvalue weighted by molar-refractivity contribution is 7.90. The van der Waals surface area contributed by atoms with Crippen molar-refractivity contribution in [2.24, 2.45) is 0 Å². The summed E-state index contributed by atoms with van der Waals surface area (Å²) < 4.78 is 122. The van der Waals surface area contributed by atoms with E-state index in [1.54, 1.807) is 0 Å². The summed E-state index contributed by atoms with van der Waals surface area (Å²) in [7, 11) is -4.05. The van der Waals surface area contributed by atoms with E-state index in [0.717, 1.165) is 52.0 Å². The molecule has 1 N–H and O–H groups in total. The number of hydrogen-bond acceptors (Lipinski definition) is 7. The molecule has 0 aliphatic rings. The van der Waals surface area contributed by atoms with Crippen molar-refractivity contribution < 1.29 is 49.1 Å². The minimum absolute atomic E-state index is 0.0351. The van der Waals surface area contributed by atoms with Gasteiger partial charge in [-0.1, -0.05) is 23.4 Å². The van der Waals surface area contributed by atoms with E-state index >= 15 is 0 Å². The number of carbonyl (C=O) groups excluding carboxylic acids is 1. The Morgan fingerprint density at radius 3 is 2.26 bits per heavy atom. The molecule has 0 bridgehead atoms. The Bertz CT molecular complexity index is 2100. The molecule has 2 heterocycles. The van der Waals surface area contributed by atoms with E-state index < -0.39 is 67.7 Å². The van der Waals surface area contributed by atoms with Gasteiger partial charge in [0.05, 0.1) is 34.6 Å². The van der Waals surface area contributed by atoms with Gasteiger partial charge in [-0.25, -0.2) is 22.5 Å². The molecular formula is C29H20F7N5O4S. The number of nitrogens with zero attached hydrogens (tertiary/aromatic N) is 5. The minimum Gasteiger partial charge on any atom is -0.392 e. The molecule has 0 aliphatic heterocycles. The van der Waals surface area contributed by atoms with Crippen molar-refractivity contribution in [1.29, 1.82) is 0 Å². The van der Waals surface area contributed by atoms with E-state index in [9.17, 15) is 49.1 Å². The van der Waals surface area contributed by atoms with Gasteiger partial charge in [-0.2, -0.15) is 26.3 Å². The summed E-state index contributed by atoms with van der Waals surface area (Å²) in [6, 6.07) is 9.40. The Morgan fingerprint density at radius 2 is 1.65 bits per heavy atom. The van der Waals surface area contributed by atoms with Crippen LogP contribution in [0.15, 0.2) is 71.9 Å². The summed E-state index contributed by atoms with van der Waals surface area (Å²) in [6.07, 6.45) is -7.17. The fraction of sp³-hybridized carbons (Fsp3) is 0.172. The first-order valence-electron chi connectivity index (χ1n) is 12.9. The number of imidazole rings is 1. The lowest BCUT2D eigenvalue weighted by atomic mass is 10.0. The number of ketones is 1. The number of sulfone groups is 1. The van der Waals surface area contributed by atoms with E-state index in [-0.39, 0.29) is 34.0 Å². The number of rotatable bonds is 7. The lowest BCUT2D eigenvalue weighted by Gasteiger charge is -2.16. The van der Waals surface area contributed by atoms with E-state index in [2.05, 4.69) is 15.3 Å². The smallest absolute Gasteiger partial charge is 0.392 e. The topological polar surface area (TPSA) is 120 Å². The van der Waals surface area contributed by atoms with Crippen LogP contribution in [0, 0.1) is 12.7 Å². The fourth-order valence-corrected chi connectivity index (χ4v) is 5.69. The molecule has 0 saturated carbocycles. The van der Waals surface area contributed by atoms with E-state index in [1.165, 1.54) is 25.1 Å². The minimum atomic E-state index is -4.83. The molecule has 0 radical (unpaired) electrons. The van der Waals surface area contributed by atoms with Crippen LogP contribution in [0.5, 0.6) is 0 Å². The van der Waals surface area contributed by atoms with Gasteiger partial charge >= 0.3 is 12.4 Å². The van der Waals surface area contributed by atoms with Crippen LogP contribution in [0.4, 0.5) is 30.7 Å². The largest absolute Gasteiger partial charge is 0.434 e. The van der Waals surface area contributed by atoms with Crippen LogP contribution >= 0.6 is 0 Å². The predicted molar refractivity (Wildman–Crippen MR) is 148 cm³/mol. The van der Waals surface area contributed by atoms with E-state index in [4.69, 9.17) is 0 Å². The normalized spacial score (nSPS) is 12.5. The Kier molecular flexibility index (Phi) is 8.10. The molecular weight excluding hydrogens is 647 g/mol. The van der Waals surface area contributed by atoms with Crippen molar-refractivity contribution in [2.45, 2.75) is 30.8 Å². The van der Waals surface area contributed by atoms with Crippen molar-refractivity contribution in [3.8, 4) is 22.5 Å². The lowest BCUT2D eigenvalue weighted by Crippen LogP contribution is -2.14. The molecule has 0 aliphatic carbocycles. The highest BCUT2D eigenvalue weighted by Gasteiger charge is 2.35. The van der Waals surface area contributed by atoms with Crippen LogP contribution in [0.2, 0.25) is 0 Å². The molecule has 5 aromatic rings. The molecule has 0 unspecified atom stereocenters. The summed E-state index contributed by atoms with van der Waals surface area (Å²) in [5, 5.41) is 17.2. The Morgan fingerprint density at radius 1 is 0.935 bits per heavy atom. The molecule has 9 nitrogen and oxygen atoms in total. The number of aryl methyl sites for hydroxylation is 1. The lowest BCUT2D eigenvalue weighted by molar-refractivity contribution is -0.141. The van der Waals surface area contributed by atoms with Crippen molar-refractivity contribution >= 4 is 15.6 Å². The maximum absolute atomic E-state index is 15.0. The SMILES string of the molecule is Cc1nc(C(F)(F)F)cn1-c1ccc(-c2cc(F)c(CO)c(S(C)(=O)=O)c2)cc1-n1nncc1C(=O)c1cccc(C(F)(F)F)c1. The Hall–Kier alpha value is -4.90. The number of carbonyl (C=O) groups is 1. The molecule has 0 atom stereocenters. The van der Waals surface area contributed by atoms with Gasteiger partial charge < -0.3 is 9.67 Å². The molecule has 240 valence electrons. The van der Waals surface area contributed by atoms with Gasteiger partial charge in [-0.05, 0) is 54.4 Å². The first-order chi connectivity index (χ1) is 21.4. The number of aliphatic hydroxyl groups excluding tert-OH is 1. The molecule has 5 rings (SSSR count). The zero-order chi connectivity index (χ0) is 33.8. The molecule has 0 amide bonds. The molecule has 0 fully saturated rings. The first kappa shape index (κ1) is 32.5. The number of aliphatic hydroxyl groups is 1. The van der Waals surface area contributed by atoms with Gasteiger partial charge in [0.15, 0.2) is 15.5 Å². The highest BCUT2D eigenvalue weighted by atomic mass is 32.2. The van der Waals surface area contributed by atoms with Crippen molar-refractivity contribution in [3.05, 3.63) is 107 Å². The van der Waals surface area contributed by atoms with Crippen LogP contribution < -0.4 is 0 Å². The van der Waals surface area contributed by atoms with Crippen LogP contribution in [-0.4, -0.2) is 50.1 Å². The average molecular weight is 668 g/mol. The molecule has 2 aromatic heterocycles. The van der Waals surface area contributed by atoms with Gasteiger partial charge in [-0.3, -0.25) is 4.79 Å². The monoisotopic (exact) mass is 667 g/mol. The summed E-state index contributed by atoms with van der Waals surface area (Å²) in [5.41, 5.74) is -3.76. The van der Waals surface area contributed by atoms with Crippen molar-refractivity contribution in [1.82, 2.24) is 24.5 Å². The predicted octanol–water partition coefficient (Wildman–Crippen LogP) is 5.73. The Balaban J connectivity index is 1.75. The van der Waals surface area contributed by atoms with Gasteiger partial charge in [-0.15, -0.1) is 5.10 Å². The molecule has 3 aromatic carbocycles. The third kappa shape index (κ3) is 6.15. The van der Waals surface area contributed by atoms with Crippen LogP contribution in [0.1, 0.15) is 38.7 Å². The van der Waals surface area contributed by atoms with Gasteiger partial charge in [0, 0.05) is 23.6 Å². The number of hydrogen-bond donors (Lipinski definition) is 1.